The summed E-state index contributed by atoms with van der Waals surface area (Å²) in [6, 6.07) is 5.56. The standard InChI is InChI=1S/C10H12BrNO/c11-8-5-7(1-2-9(8)13)6-10(12)3-4-10/h1-2,5,13H,3-4,6,12H2. The molecule has 0 spiro atoms. The van der Waals surface area contributed by atoms with Crippen LogP contribution in [0.25, 0.3) is 0 Å². The van der Waals surface area contributed by atoms with E-state index < -0.39 is 0 Å². The number of rotatable bonds is 2. The van der Waals surface area contributed by atoms with Gasteiger partial charge in [-0.2, -0.15) is 0 Å². The lowest BCUT2D eigenvalue weighted by Crippen LogP contribution is -2.24. The SMILES string of the molecule is NC1(Cc2ccc(O)c(Br)c2)CC1. The molecule has 1 aliphatic carbocycles. The lowest BCUT2D eigenvalue weighted by Gasteiger charge is -2.08. The number of halogens is 1. The van der Waals surface area contributed by atoms with Crippen LogP contribution in [0.1, 0.15) is 18.4 Å². The van der Waals surface area contributed by atoms with Crippen LogP contribution in [0.5, 0.6) is 5.75 Å². The first kappa shape index (κ1) is 9.03. The molecule has 3 heteroatoms. The molecule has 0 radical (unpaired) electrons. The van der Waals surface area contributed by atoms with Crippen molar-refractivity contribution < 1.29 is 5.11 Å². The summed E-state index contributed by atoms with van der Waals surface area (Å²) in [4.78, 5) is 0. The Balaban J connectivity index is 2.17. The van der Waals surface area contributed by atoms with Crippen LogP contribution in [0.2, 0.25) is 0 Å². The molecule has 0 amide bonds. The molecule has 0 unspecified atom stereocenters. The Morgan fingerprint density at radius 2 is 2.15 bits per heavy atom. The summed E-state index contributed by atoms with van der Waals surface area (Å²) in [6.07, 6.45) is 3.14. The predicted molar refractivity (Wildman–Crippen MR) is 55.7 cm³/mol. The van der Waals surface area contributed by atoms with Crippen molar-refractivity contribution in [2.24, 2.45) is 5.73 Å². The van der Waals surface area contributed by atoms with Crippen molar-refractivity contribution in [3.8, 4) is 5.75 Å². The minimum absolute atomic E-state index is 0.0381. The fraction of sp³-hybridized carbons (Fsp3) is 0.400. The molecule has 2 rings (SSSR count). The van der Waals surface area contributed by atoms with E-state index in [-0.39, 0.29) is 11.3 Å². The maximum Gasteiger partial charge on any atom is 0.129 e. The van der Waals surface area contributed by atoms with Crippen molar-refractivity contribution in [1.29, 1.82) is 0 Å². The molecule has 70 valence electrons. The van der Waals surface area contributed by atoms with E-state index in [0.29, 0.717) is 0 Å². The molecule has 0 heterocycles. The summed E-state index contributed by atoms with van der Waals surface area (Å²) in [5.74, 6) is 0.283. The van der Waals surface area contributed by atoms with Gasteiger partial charge in [0.15, 0.2) is 0 Å². The number of phenols is 1. The normalized spacial score (nSPS) is 18.6. The van der Waals surface area contributed by atoms with Crippen molar-refractivity contribution in [2.75, 3.05) is 0 Å². The van der Waals surface area contributed by atoms with Crippen LogP contribution in [0, 0.1) is 0 Å². The molecule has 13 heavy (non-hydrogen) atoms. The highest BCUT2D eigenvalue weighted by Crippen LogP contribution is 2.36. The zero-order valence-electron chi connectivity index (χ0n) is 7.26. The van der Waals surface area contributed by atoms with E-state index in [4.69, 9.17) is 5.73 Å². The van der Waals surface area contributed by atoms with Gasteiger partial charge in [-0.1, -0.05) is 6.07 Å². The molecule has 3 N–H and O–H groups in total. The molecule has 1 aromatic rings. The number of hydrogen-bond acceptors (Lipinski definition) is 2. The second-order valence-electron chi connectivity index (χ2n) is 3.82. The fourth-order valence-corrected chi connectivity index (χ4v) is 1.83. The second kappa shape index (κ2) is 3.00. The van der Waals surface area contributed by atoms with E-state index in [1.165, 1.54) is 5.56 Å². The highest BCUT2D eigenvalue weighted by Gasteiger charge is 2.37. The first-order valence-electron chi connectivity index (χ1n) is 4.35. The third-order valence-electron chi connectivity index (χ3n) is 2.46. The molecule has 0 atom stereocenters. The zero-order valence-corrected chi connectivity index (χ0v) is 8.84. The van der Waals surface area contributed by atoms with E-state index in [9.17, 15) is 5.11 Å². The lowest BCUT2D eigenvalue weighted by molar-refractivity contribution is 0.471. The average molecular weight is 242 g/mol. The van der Waals surface area contributed by atoms with Gasteiger partial charge in [-0.3, -0.25) is 0 Å². The molecule has 0 saturated heterocycles. The summed E-state index contributed by atoms with van der Waals surface area (Å²) in [7, 11) is 0. The third-order valence-corrected chi connectivity index (χ3v) is 3.10. The molecule has 1 fully saturated rings. The van der Waals surface area contributed by atoms with E-state index in [2.05, 4.69) is 15.9 Å². The van der Waals surface area contributed by atoms with Gasteiger partial charge in [0.1, 0.15) is 5.75 Å². The van der Waals surface area contributed by atoms with Crippen molar-refractivity contribution in [3.63, 3.8) is 0 Å². The molecule has 0 bridgehead atoms. The smallest absolute Gasteiger partial charge is 0.129 e. The van der Waals surface area contributed by atoms with Crippen LogP contribution in [0.15, 0.2) is 22.7 Å². The van der Waals surface area contributed by atoms with E-state index in [0.717, 1.165) is 23.7 Å². The molecule has 1 saturated carbocycles. The van der Waals surface area contributed by atoms with E-state index in [1.54, 1.807) is 6.07 Å². The lowest BCUT2D eigenvalue weighted by atomic mass is 10.1. The van der Waals surface area contributed by atoms with Crippen molar-refractivity contribution in [1.82, 2.24) is 0 Å². The Labute approximate surface area is 85.9 Å². The highest BCUT2D eigenvalue weighted by molar-refractivity contribution is 9.10. The van der Waals surface area contributed by atoms with Crippen LogP contribution >= 0.6 is 15.9 Å². The second-order valence-corrected chi connectivity index (χ2v) is 4.68. The number of benzene rings is 1. The zero-order chi connectivity index (χ0) is 9.47. The maximum absolute atomic E-state index is 9.28. The van der Waals surface area contributed by atoms with Gasteiger partial charge in [-0.25, -0.2) is 0 Å². The minimum atomic E-state index is 0.0381. The van der Waals surface area contributed by atoms with Crippen LogP contribution in [0.4, 0.5) is 0 Å². The molecule has 1 aromatic carbocycles. The number of aromatic hydroxyl groups is 1. The van der Waals surface area contributed by atoms with Crippen LogP contribution in [0.3, 0.4) is 0 Å². The van der Waals surface area contributed by atoms with Gasteiger partial charge in [-0.15, -0.1) is 0 Å². The molecular formula is C10H12BrNO. The maximum atomic E-state index is 9.28. The molecule has 0 aliphatic heterocycles. The fourth-order valence-electron chi connectivity index (χ4n) is 1.40. The summed E-state index contributed by atoms with van der Waals surface area (Å²) in [5, 5.41) is 9.28. The van der Waals surface area contributed by atoms with Gasteiger partial charge < -0.3 is 10.8 Å². The average Bonchev–Trinajstić information content (AvgIpc) is 2.76. The first-order valence-corrected chi connectivity index (χ1v) is 5.15. The van der Waals surface area contributed by atoms with E-state index in [1.807, 2.05) is 12.1 Å². The summed E-state index contributed by atoms with van der Waals surface area (Å²) in [5.41, 5.74) is 7.21. The summed E-state index contributed by atoms with van der Waals surface area (Å²) in [6.45, 7) is 0. The topological polar surface area (TPSA) is 46.2 Å². The number of hydrogen-bond donors (Lipinski definition) is 2. The van der Waals surface area contributed by atoms with Crippen LogP contribution in [-0.2, 0) is 6.42 Å². The minimum Gasteiger partial charge on any atom is -0.507 e. The van der Waals surface area contributed by atoms with Crippen molar-refractivity contribution in [2.45, 2.75) is 24.8 Å². The van der Waals surface area contributed by atoms with Crippen LogP contribution < -0.4 is 5.73 Å². The molecule has 2 nitrogen and oxygen atoms in total. The number of nitrogens with two attached hydrogens (primary N) is 1. The quantitative estimate of drug-likeness (QED) is 0.834. The Kier molecular flexibility index (Phi) is 2.08. The van der Waals surface area contributed by atoms with Crippen molar-refractivity contribution >= 4 is 15.9 Å². The highest BCUT2D eigenvalue weighted by atomic mass is 79.9. The van der Waals surface area contributed by atoms with Gasteiger partial charge in [0.05, 0.1) is 4.47 Å². The number of phenolic OH excluding ortho intramolecular Hbond substituents is 1. The van der Waals surface area contributed by atoms with Crippen molar-refractivity contribution in [3.05, 3.63) is 28.2 Å². The van der Waals surface area contributed by atoms with E-state index >= 15 is 0 Å². The van der Waals surface area contributed by atoms with Gasteiger partial charge in [0, 0.05) is 5.54 Å². The van der Waals surface area contributed by atoms with Crippen LogP contribution in [-0.4, -0.2) is 10.6 Å². The van der Waals surface area contributed by atoms with Gasteiger partial charge in [0.25, 0.3) is 0 Å². The molecule has 1 aliphatic rings. The third kappa shape index (κ3) is 2.03. The molecular weight excluding hydrogens is 230 g/mol. The Hall–Kier alpha value is -0.540. The predicted octanol–water partition coefficient (Wildman–Crippen LogP) is 2.19. The monoisotopic (exact) mass is 241 g/mol. The Morgan fingerprint density at radius 3 is 2.69 bits per heavy atom. The first-order chi connectivity index (χ1) is 6.09. The van der Waals surface area contributed by atoms with Gasteiger partial charge in [0.2, 0.25) is 0 Å². The summed E-state index contributed by atoms with van der Waals surface area (Å²) >= 11 is 3.28. The molecule has 0 aromatic heterocycles. The Bertz CT molecular complexity index is 334. The van der Waals surface area contributed by atoms with Gasteiger partial charge >= 0.3 is 0 Å². The van der Waals surface area contributed by atoms with Gasteiger partial charge in [-0.05, 0) is 52.9 Å². The summed E-state index contributed by atoms with van der Waals surface area (Å²) < 4.78 is 0.745. The Morgan fingerprint density at radius 1 is 1.46 bits per heavy atom. The largest absolute Gasteiger partial charge is 0.507 e.